The molecule has 0 spiro atoms. The van der Waals surface area contributed by atoms with Crippen molar-refractivity contribution in [3.05, 3.63) is 93.3 Å². The molecule has 4 aromatic rings. The van der Waals surface area contributed by atoms with Crippen molar-refractivity contribution < 1.29 is 9.53 Å². The van der Waals surface area contributed by atoms with Gasteiger partial charge in [-0.2, -0.15) is 0 Å². The topological polar surface area (TPSA) is 61.2 Å². The molecule has 3 aromatic carbocycles. The van der Waals surface area contributed by atoms with Crippen LogP contribution < -0.4 is 10.3 Å². The SMILES string of the molecule is COc1ccccc1-n1c(SCC(=O)c2c(C)cc(C)cc2C)nc2ccccc2c1=O. The van der Waals surface area contributed by atoms with Gasteiger partial charge in [-0.05, 0) is 56.2 Å². The van der Waals surface area contributed by atoms with E-state index in [0.717, 1.165) is 22.3 Å². The van der Waals surface area contributed by atoms with E-state index in [1.165, 1.54) is 16.3 Å². The monoisotopic (exact) mass is 444 g/mol. The maximum absolute atomic E-state index is 13.4. The van der Waals surface area contributed by atoms with Gasteiger partial charge in [0.1, 0.15) is 5.75 Å². The number of ether oxygens (including phenoxy) is 1. The Morgan fingerprint density at radius 1 is 1.00 bits per heavy atom. The molecule has 0 aliphatic heterocycles. The molecule has 0 bridgehead atoms. The zero-order chi connectivity index (χ0) is 22.8. The third kappa shape index (κ3) is 4.06. The molecule has 0 amide bonds. The van der Waals surface area contributed by atoms with Crippen molar-refractivity contribution in [3.8, 4) is 11.4 Å². The van der Waals surface area contributed by atoms with Crippen LogP contribution in [0.3, 0.4) is 0 Å². The van der Waals surface area contributed by atoms with Crippen molar-refractivity contribution in [3.63, 3.8) is 0 Å². The number of carbonyl (C=O) groups excluding carboxylic acids is 1. The molecule has 0 fully saturated rings. The van der Waals surface area contributed by atoms with Crippen LogP contribution in [0.4, 0.5) is 0 Å². The summed E-state index contributed by atoms with van der Waals surface area (Å²) in [4.78, 5) is 31.3. The minimum Gasteiger partial charge on any atom is -0.495 e. The zero-order valence-electron chi connectivity index (χ0n) is 18.5. The summed E-state index contributed by atoms with van der Waals surface area (Å²) in [6.07, 6.45) is 0. The molecule has 5 nitrogen and oxygen atoms in total. The van der Waals surface area contributed by atoms with Crippen LogP contribution in [-0.2, 0) is 0 Å². The van der Waals surface area contributed by atoms with Gasteiger partial charge in [0.2, 0.25) is 0 Å². The normalized spacial score (nSPS) is 11.0. The molecular weight excluding hydrogens is 420 g/mol. The lowest BCUT2D eigenvalue weighted by Crippen LogP contribution is -2.22. The Bertz CT molecular complexity index is 1370. The first-order chi connectivity index (χ1) is 15.4. The van der Waals surface area contributed by atoms with Gasteiger partial charge < -0.3 is 4.74 Å². The third-order valence-electron chi connectivity index (χ3n) is 5.36. The standard InChI is InChI=1S/C26H24N2O3S/c1-16-13-17(2)24(18(3)14-16)22(29)15-32-26-27-20-10-6-5-9-19(20)25(30)28(26)21-11-7-8-12-23(21)31-4/h5-14H,15H2,1-4H3. The van der Waals surface area contributed by atoms with Crippen LogP contribution in [0.2, 0.25) is 0 Å². The molecule has 0 saturated carbocycles. The predicted octanol–water partition coefficient (Wildman–Crippen LogP) is 5.29. The lowest BCUT2D eigenvalue weighted by molar-refractivity contribution is 0.102. The number of ketones is 1. The van der Waals surface area contributed by atoms with E-state index in [2.05, 4.69) is 0 Å². The smallest absolute Gasteiger partial charge is 0.266 e. The third-order valence-corrected chi connectivity index (χ3v) is 6.30. The fraction of sp³-hybridized carbons (Fsp3) is 0.192. The summed E-state index contributed by atoms with van der Waals surface area (Å²) in [5, 5.41) is 0.966. The largest absolute Gasteiger partial charge is 0.495 e. The highest BCUT2D eigenvalue weighted by molar-refractivity contribution is 7.99. The minimum atomic E-state index is -0.197. The second kappa shape index (κ2) is 9.01. The van der Waals surface area contributed by atoms with Crippen molar-refractivity contribution in [1.29, 1.82) is 0 Å². The van der Waals surface area contributed by atoms with Gasteiger partial charge in [0.05, 0.1) is 29.5 Å². The second-order valence-electron chi connectivity index (χ2n) is 7.71. The summed E-state index contributed by atoms with van der Waals surface area (Å²) >= 11 is 1.26. The number of fused-ring (bicyclic) bond motifs is 1. The van der Waals surface area contributed by atoms with E-state index in [4.69, 9.17) is 9.72 Å². The maximum atomic E-state index is 13.4. The number of rotatable bonds is 6. The lowest BCUT2D eigenvalue weighted by atomic mass is 9.97. The highest BCUT2D eigenvalue weighted by Crippen LogP contribution is 2.28. The number of thioether (sulfide) groups is 1. The summed E-state index contributed by atoms with van der Waals surface area (Å²) in [5.41, 5.74) is 4.78. The molecule has 0 aliphatic rings. The Morgan fingerprint density at radius 2 is 1.66 bits per heavy atom. The van der Waals surface area contributed by atoms with E-state index in [9.17, 15) is 9.59 Å². The number of aromatic nitrogens is 2. The van der Waals surface area contributed by atoms with Crippen molar-refractivity contribution >= 4 is 28.4 Å². The van der Waals surface area contributed by atoms with E-state index in [-0.39, 0.29) is 17.1 Å². The molecule has 32 heavy (non-hydrogen) atoms. The fourth-order valence-corrected chi connectivity index (χ4v) is 4.94. The molecule has 0 N–H and O–H groups in total. The van der Waals surface area contributed by atoms with Crippen LogP contribution in [0, 0.1) is 20.8 Å². The first-order valence-electron chi connectivity index (χ1n) is 10.3. The van der Waals surface area contributed by atoms with Gasteiger partial charge in [-0.25, -0.2) is 4.98 Å². The van der Waals surface area contributed by atoms with Crippen molar-refractivity contribution in [2.45, 2.75) is 25.9 Å². The summed E-state index contributed by atoms with van der Waals surface area (Å²) in [5.74, 6) is 0.745. The van der Waals surface area contributed by atoms with Crippen LogP contribution in [0.15, 0.2) is 70.6 Å². The van der Waals surface area contributed by atoms with Gasteiger partial charge in [-0.15, -0.1) is 0 Å². The number of hydrogen-bond donors (Lipinski definition) is 0. The molecule has 0 aliphatic carbocycles. The molecule has 6 heteroatoms. The number of Topliss-reactive ketones (excluding diaryl/α,β-unsaturated/α-hetero) is 1. The van der Waals surface area contributed by atoms with Crippen LogP contribution in [0.5, 0.6) is 5.75 Å². The molecule has 0 atom stereocenters. The minimum absolute atomic E-state index is 0.0129. The zero-order valence-corrected chi connectivity index (χ0v) is 19.3. The van der Waals surface area contributed by atoms with Gasteiger partial charge in [0.15, 0.2) is 10.9 Å². The Hall–Kier alpha value is -3.38. The van der Waals surface area contributed by atoms with Crippen LogP contribution in [-0.4, -0.2) is 28.2 Å². The number of hydrogen-bond acceptors (Lipinski definition) is 5. The highest BCUT2D eigenvalue weighted by atomic mass is 32.2. The lowest BCUT2D eigenvalue weighted by Gasteiger charge is -2.16. The number of para-hydroxylation sites is 3. The van der Waals surface area contributed by atoms with Gasteiger partial charge in [-0.3, -0.25) is 14.2 Å². The van der Waals surface area contributed by atoms with E-state index in [1.54, 1.807) is 19.2 Å². The second-order valence-corrected chi connectivity index (χ2v) is 8.65. The van der Waals surface area contributed by atoms with Gasteiger partial charge >= 0.3 is 0 Å². The van der Waals surface area contributed by atoms with E-state index < -0.39 is 0 Å². The molecule has 1 heterocycles. The van der Waals surface area contributed by atoms with E-state index in [1.807, 2.05) is 69.3 Å². The number of benzene rings is 3. The molecular formula is C26H24N2O3S. The average molecular weight is 445 g/mol. The molecule has 1 aromatic heterocycles. The van der Waals surface area contributed by atoms with E-state index in [0.29, 0.717) is 27.5 Å². The Morgan fingerprint density at radius 3 is 2.38 bits per heavy atom. The van der Waals surface area contributed by atoms with Crippen molar-refractivity contribution in [1.82, 2.24) is 9.55 Å². The van der Waals surface area contributed by atoms with Crippen LogP contribution in [0.1, 0.15) is 27.0 Å². The summed E-state index contributed by atoms with van der Waals surface area (Å²) in [6, 6.07) is 18.6. The fourth-order valence-electron chi connectivity index (χ4n) is 4.06. The van der Waals surface area contributed by atoms with Crippen molar-refractivity contribution in [2.75, 3.05) is 12.9 Å². The number of aryl methyl sites for hydroxylation is 3. The van der Waals surface area contributed by atoms with Gasteiger partial charge in [0.25, 0.3) is 5.56 Å². The summed E-state index contributed by atoms with van der Waals surface area (Å²) in [6.45, 7) is 5.93. The maximum Gasteiger partial charge on any atom is 0.266 e. The number of methoxy groups -OCH3 is 1. The Kier molecular flexibility index (Phi) is 6.15. The Balaban J connectivity index is 1.80. The van der Waals surface area contributed by atoms with Crippen LogP contribution >= 0.6 is 11.8 Å². The first kappa shape index (κ1) is 21.8. The Labute approximate surface area is 191 Å². The molecule has 4 rings (SSSR count). The van der Waals surface area contributed by atoms with Gasteiger partial charge in [-0.1, -0.05) is 53.7 Å². The predicted molar refractivity (Wildman–Crippen MR) is 130 cm³/mol. The quantitative estimate of drug-likeness (QED) is 0.230. The van der Waals surface area contributed by atoms with E-state index >= 15 is 0 Å². The van der Waals surface area contributed by atoms with Gasteiger partial charge in [0, 0.05) is 5.56 Å². The molecule has 0 saturated heterocycles. The van der Waals surface area contributed by atoms with Crippen molar-refractivity contribution in [2.24, 2.45) is 0 Å². The highest BCUT2D eigenvalue weighted by Gasteiger charge is 2.19. The molecule has 0 unspecified atom stereocenters. The summed E-state index contributed by atoms with van der Waals surface area (Å²) < 4.78 is 7.03. The average Bonchev–Trinajstić information content (AvgIpc) is 2.77. The summed E-state index contributed by atoms with van der Waals surface area (Å²) in [7, 11) is 1.57. The number of carbonyl (C=O) groups is 1. The number of nitrogens with zero attached hydrogens (tertiary/aromatic N) is 2. The molecule has 162 valence electrons. The first-order valence-corrected chi connectivity index (χ1v) is 11.3. The van der Waals surface area contributed by atoms with Crippen LogP contribution in [0.25, 0.3) is 16.6 Å². The molecule has 0 radical (unpaired) electrons.